The van der Waals surface area contributed by atoms with Crippen molar-refractivity contribution in [1.82, 2.24) is 0 Å². The van der Waals surface area contributed by atoms with Gasteiger partial charge in [-0.2, -0.15) is 0 Å². The van der Waals surface area contributed by atoms with Gasteiger partial charge in [0.25, 0.3) is 0 Å². The molecule has 0 aliphatic heterocycles. The van der Waals surface area contributed by atoms with Crippen molar-refractivity contribution in [1.29, 1.82) is 0 Å². The predicted molar refractivity (Wildman–Crippen MR) is 81.1 cm³/mol. The molecule has 0 aliphatic carbocycles. The van der Waals surface area contributed by atoms with Crippen LogP contribution in [0.2, 0.25) is 0 Å². The standard InChI is InChI=1S/C14H11Br2NO2/c1-7-9-6-8(15)2-3-10(9)19-14(7)13(17)11-4-5-12(16)18-11/h2-6,13H,17H2,1H3. The van der Waals surface area contributed by atoms with Gasteiger partial charge in [-0.25, -0.2) is 0 Å². The van der Waals surface area contributed by atoms with Gasteiger partial charge in [-0.3, -0.25) is 0 Å². The lowest BCUT2D eigenvalue weighted by molar-refractivity contribution is 0.432. The normalized spacial score (nSPS) is 13.1. The van der Waals surface area contributed by atoms with Crippen molar-refractivity contribution in [2.24, 2.45) is 5.73 Å². The van der Waals surface area contributed by atoms with Crippen LogP contribution in [0.25, 0.3) is 11.0 Å². The van der Waals surface area contributed by atoms with Crippen LogP contribution >= 0.6 is 31.9 Å². The van der Waals surface area contributed by atoms with Crippen molar-refractivity contribution in [2.75, 3.05) is 0 Å². The van der Waals surface area contributed by atoms with Crippen LogP contribution in [0.3, 0.4) is 0 Å². The quantitative estimate of drug-likeness (QED) is 0.683. The molecule has 0 bridgehead atoms. The number of rotatable bonds is 2. The molecule has 98 valence electrons. The van der Waals surface area contributed by atoms with Crippen LogP contribution in [0.1, 0.15) is 23.1 Å². The van der Waals surface area contributed by atoms with Crippen LogP contribution in [0.4, 0.5) is 0 Å². The number of hydrogen-bond donors (Lipinski definition) is 1. The smallest absolute Gasteiger partial charge is 0.169 e. The van der Waals surface area contributed by atoms with Gasteiger partial charge >= 0.3 is 0 Å². The topological polar surface area (TPSA) is 52.3 Å². The zero-order chi connectivity index (χ0) is 13.6. The van der Waals surface area contributed by atoms with E-state index in [2.05, 4.69) is 31.9 Å². The fraction of sp³-hybridized carbons (Fsp3) is 0.143. The van der Waals surface area contributed by atoms with Crippen molar-refractivity contribution in [3.8, 4) is 0 Å². The monoisotopic (exact) mass is 383 g/mol. The van der Waals surface area contributed by atoms with Gasteiger partial charge in [0.1, 0.15) is 23.1 Å². The zero-order valence-electron chi connectivity index (χ0n) is 10.1. The molecule has 0 radical (unpaired) electrons. The summed E-state index contributed by atoms with van der Waals surface area (Å²) in [6.45, 7) is 2.01. The molecule has 19 heavy (non-hydrogen) atoms. The summed E-state index contributed by atoms with van der Waals surface area (Å²) >= 11 is 6.74. The Hall–Kier alpha value is -1.04. The summed E-state index contributed by atoms with van der Waals surface area (Å²) in [4.78, 5) is 0. The van der Waals surface area contributed by atoms with Crippen LogP contribution in [-0.4, -0.2) is 0 Å². The summed E-state index contributed by atoms with van der Waals surface area (Å²) in [5, 5.41) is 1.06. The van der Waals surface area contributed by atoms with E-state index < -0.39 is 6.04 Å². The first-order valence-corrected chi connectivity index (χ1v) is 7.34. The van der Waals surface area contributed by atoms with Gasteiger partial charge < -0.3 is 14.6 Å². The lowest BCUT2D eigenvalue weighted by Gasteiger charge is -2.06. The summed E-state index contributed by atoms with van der Waals surface area (Å²) < 4.78 is 13.0. The number of fused-ring (bicyclic) bond motifs is 1. The summed E-state index contributed by atoms with van der Waals surface area (Å²) in [6.07, 6.45) is 0. The molecule has 2 N–H and O–H groups in total. The third kappa shape index (κ3) is 2.26. The van der Waals surface area contributed by atoms with E-state index in [0.29, 0.717) is 10.4 Å². The molecule has 0 spiro atoms. The molecule has 5 heteroatoms. The predicted octanol–water partition coefficient (Wildman–Crippen LogP) is 4.91. The van der Waals surface area contributed by atoms with Crippen molar-refractivity contribution >= 4 is 42.8 Å². The number of nitrogens with two attached hydrogens (primary N) is 1. The number of hydrogen-bond acceptors (Lipinski definition) is 3. The van der Waals surface area contributed by atoms with E-state index in [9.17, 15) is 0 Å². The van der Waals surface area contributed by atoms with Gasteiger partial charge in [0.15, 0.2) is 4.67 Å². The molecule has 1 aromatic carbocycles. The minimum atomic E-state index is -0.405. The first-order valence-electron chi connectivity index (χ1n) is 5.75. The van der Waals surface area contributed by atoms with E-state index in [-0.39, 0.29) is 0 Å². The highest BCUT2D eigenvalue weighted by atomic mass is 79.9. The number of furan rings is 2. The maximum absolute atomic E-state index is 6.21. The first-order chi connectivity index (χ1) is 9.06. The lowest BCUT2D eigenvalue weighted by atomic mass is 10.1. The SMILES string of the molecule is Cc1c(C(N)c2ccc(Br)o2)oc2ccc(Br)cc12. The Morgan fingerprint density at radius 2 is 1.89 bits per heavy atom. The fourth-order valence-electron chi connectivity index (χ4n) is 2.13. The van der Waals surface area contributed by atoms with E-state index in [4.69, 9.17) is 14.6 Å². The summed E-state index contributed by atoms with van der Waals surface area (Å²) in [5.74, 6) is 1.41. The first kappa shape index (κ1) is 13.0. The van der Waals surface area contributed by atoms with Gasteiger partial charge in [0.2, 0.25) is 0 Å². The lowest BCUT2D eigenvalue weighted by Crippen LogP contribution is -2.10. The molecule has 0 saturated heterocycles. The minimum Gasteiger partial charge on any atom is -0.459 e. The maximum Gasteiger partial charge on any atom is 0.169 e. The number of aryl methyl sites for hydroxylation is 1. The molecule has 3 rings (SSSR count). The van der Waals surface area contributed by atoms with Crippen LogP contribution in [0.15, 0.2) is 48.3 Å². The molecule has 2 heterocycles. The van der Waals surface area contributed by atoms with E-state index in [1.54, 1.807) is 0 Å². The van der Waals surface area contributed by atoms with Gasteiger partial charge in [0, 0.05) is 15.4 Å². The highest BCUT2D eigenvalue weighted by molar-refractivity contribution is 9.10. The fourth-order valence-corrected chi connectivity index (χ4v) is 2.81. The van der Waals surface area contributed by atoms with Crippen molar-refractivity contribution in [3.63, 3.8) is 0 Å². The third-order valence-electron chi connectivity index (χ3n) is 3.12. The highest BCUT2D eigenvalue weighted by Crippen LogP contribution is 2.33. The van der Waals surface area contributed by atoms with E-state index >= 15 is 0 Å². The van der Waals surface area contributed by atoms with Crippen molar-refractivity contribution in [2.45, 2.75) is 13.0 Å². The maximum atomic E-state index is 6.21. The second kappa shape index (κ2) is 4.81. The summed E-state index contributed by atoms with van der Waals surface area (Å²) in [5.41, 5.74) is 8.08. The van der Waals surface area contributed by atoms with Gasteiger partial charge in [-0.1, -0.05) is 15.9 Å². The number of halogens is 2. The third-order valence-corrected chi connectivity index (χ3v) is 4.04. The zero-order valence-corrected chi connectivity index (χ0v) is 13.3. The van der Waals surface area contributed by atoms with Crippen LogP contribution in [0.5, 0.6) is 0 Å². The summed E-state index contributed by atoms with van der Waals surface area (Å²) in [6, 6.07) is 9.17. The van der Waals surface area contributed by atoms with E-state index in [1.165, 1.54) is 0 Å². The van der Waals surface area contributed by atoms with Gasteiger partial charge in [0.05, 0.1) is 0 Å². The summed E-state index contributed by atoms with van der Waals surface area (Å²) in [7, 11) is 0. The van der Waals surface area contributed by atoms with Crippen molar-refractivity contribution < 1.29 is 8.83 Å². The highest BCUT2D eigenvalue weighted by Gasteiger charge is 2.21. The van der Waals surface area contributed by atoms with Crippen LogP contribution in [-0.2, 0) is 0 Å². The Morgan fingerprint density at radius 3 is 2.58 bits per heavy atom. The molecular formula is C14H11Br2NO2. The molecule has 0 saturated carbocycles. The van der Waals surface area contributed by atoms with Crippen molar-refractivity contribution in [3.05, 3.63) is 56.6 Å². The van der Waals surface area contributed by atoms with Gasteiger partial charge in [-0.15, -0.1) is 0 Å². The molecule has 0 fully saturated rings. The average Bonchev–Trinajstić information content (AvgIpc) is 2.94. The van der Waals surface area contributed by atoms with Crippen LogP contribution in [0, 0.1) is 6.92 Å². The molecule has 1 unspecified atom stereocenters. The second-order valence-corrected chi connectivity index (χ2v) is 6.05. The molecule has 0 amide bonds. The molecule has 0 aliphatic rings. The Balaban J connectivity index is 2.12. The molecule has 1 atom stereocenters. The van der Waals surface area contributed by atoms with Gasteiger partial charge in [-0.05, 0) is 53.2 Å². The van der Waals surface area contributed by atoms with E-state index in [1.807, 2.05) is 37.3 Å². The largest absolute Gasteiger partial charge is 0.459 e. The minimum absolute atomic E-state index is 0.405. The second-order valence-electron chi connectivity index (χ2n) is 4.35. The van der Waals surface area contributed by atoms with Crippen LogP contribution < -0.4 is 5.73 Å². The Morgan fingerprint density at radius 1 is 1.11 bits per heavy atom. The molecule has 3 aromatic rings. The number of benzene rings is 1. The molecule has 3 nitrogen and oxygen atoms in total. The molecule has 2 aromatic heterocycles. The Bertz CT molecular complexity index is 745. The Kier molecular flexibility index (Phi) is 3.28. The Labute approximate surface area is 127 Å². The average molecular weight is 385 g/mol. The molecular weight excluding hydrogens is 374 g/mol. The van der Waals surface area contributed by atoms with E-state index in [0.717, 1.165) is 26.8 Å².